The molecule has 0 heterocycles. The third-order valence-electron chi connectivity index (χ3n) is 5.05. The molecule has 5 N–H and O–H groups in total. The fraction of sp³-hybridized carbons (Fsp3) is 0.130. The molecule has 0 aliphatic carbocycles. The van der Waals surface area contributed by atoms with Crippen molar-refractivity contribution in [2.45, 2.75) is 12.7 Å². The lowest BCUT2D eigenvalue weighted by Gasteiger charge is -2.24. The SMILES string of the molecule is CN(c1ccc(CN)cc1)c1ccc(C(F)(F)F)cc1NC(=O)c1cc(O)c(Cl)cc1C(=O)O. The molecule has 0 atom stereocenters. The van der Waals surface area contributed by atoms with Crippen molar-refractivity contribution in [3.8, 4) is 5.75 Å². The number of nitrogens with zero attached hydrogens (tertiary/aromatic N) is 1. The standard InChI is InChI=1S/C23H19ClF3N3O4/c1-30(14-5-2-12(11-28)3-6-14)19-7-4-13(23(25,26)27)8-18(19)29-21(32)15-10-20(31)17(24)9-16(15)22(33)34/h2-10,31H,11,28H2,1H3,(H,29,32)(H,33,34). The van der Waals surface area contributed by atoms with Crippen LogP contribution in [0.5, 0.6) is 5.75 Å². The maximum absolute atomic E-state index is 13.4. The average molecular weight is 494 g/mol. The van der Waals surface area contributed by atoms with Crippen molar-refractivity contribution in [3.63, 3.8) is 0 Å². The Bertz CT molecular complexity index is 1250. The van der Waals surface area contributed by atoms with E-state index in [1.165, 1.54) is 6.07 Å². The lowest BCUT2D eigenvalue weighted by Crippen LogP contribution is -2.20. The Kier molecular flexibility index (Phi) is 7.04. The van der Waals surface area contributed by atoms with Crippen LogP contribution in [0.4, 0.5) is 30.2 Å². The lowest BCUT2D eigenvalue weighted by molar-refractivity contribution is -0.137. The molecular weight excluding hydrogens is 475 g/mol. The van der Waals surface area contributed by atoms with E-state index in [-0.39, 0.29) is 16.4 Å². The van der Waals surface area contributed by atoms with Crippen LogP contribution >= 0.6 is 11.6 Å². The number of hydrogen-bond donors (Lipinski definition) is 4. The first kappa shape index (κ1) is 24.9. The van der Waals surface area contributed by atoms with Gasteiger partial charge in [-0.2, -0.15) is 13.2 Å². The number of carbonyl (C=O) groups is 2. The fourth-order valence-electron chi connectivity index (χ4n) is 3.22. The molecule has 0 aromatic heterocycles. The van der Waals surface area contributed by atoms with Crippen LogP contribution in [-0.2, 0) is 12.7 Å². The predicted octanol–water partition coefficient (Wildman–Crippen LogP) is 5.24. The Balaban J connectivity index is 2.08. The van der Waals surface area contributed by atoms with Gasteiger partial charge in [0.2, 0.25) is 0 Å². The number of benzene rings is 3. The number of carboxylic acids is 1. The molecule has 3 aromatic rings. The van der Waals surface area contributed by atoms with E-state index in [4.69, 9.17) is 17.3 Å². The summed E-state index contributed by atoms with van der Waals surface area (Å²) in [5.41, 5.74) is 5.00. The zero-order valence-electron chi connectivity index (χ0n) is 17.7. The molecule has 1 amide bonds. The van der Waals surface area contributed by atoms with Gasteiger partial charge in [-0.15, -0.1) is 0 Å². The maximum Gasteiger partial charge on any atom is 0.416 e. The number of nitrogens with one attached hydrogen (secondary N) is 1. The first-order valence-electron chi connectivity index (χ1n) is 9.73. The van der Waals surface area contributed by atoms with Gasteiger partial charge < -0.3 is 26.2 Å². The van der Waals surface area contributed by atoms with Crippen LogP contribution in [0.15, 0.2) is 54.6 Å². The van der Waals surface area contributed by atoms with E-state index in [1.807, 2.05) is 0 Å². The number of phenolic OH excluding ortho intramolecular Hbond substituents is 1. The lowest BCUT2D eigenvalue weighted by atomic mass is 10.1. The molecule has 11 heteroatoms. The molecular formula is C23H19ClF3N3O4. The van der Waals surface area contributed by atoms with E-state index in [9.17, 15) is 33.0 Å². The number of aromatic carboxylic acids is 1. The first-order chi connectivity index (χ1) is 15.9. The summed E-state index contributed by atoms with van der Waals surface area (Å²) >= 11 is 5.74. The summed E-state index contributed by atoms with van der Waals surface area (Å²) < 4.78 is 40.1. The topological polar surface area (TPSA) is 116 Å². The van der Waals surface area contributed by atoms with E-state index < -0.39 is 40.5 Å². The summed E-state index contributed by atoms with van der Waals surface area (Å²) in [7, 11) is 1.59. The van der Waals surface area contributed by atoms with Crippen LogP contribution in [0.25, 0.3) is 0 Å². The number of carbonyl (C=O) groups excluding carboxylic acids is 1. The Labute approximate surface area is 197 Å². The summed E-state index contributed by atoms with van der Waals surface area (Å²) in [4.78, 5) is 26.0. The number of carboxylic acid groups (broad SMARTS) is 1. The minimum Gasteiger partial charge on any atom is -0.506 e. The fourth-order valence-corrected chi connectivity index (χ4v) is 3.38. The summed E-state index contributed by atoms with van der Waals surface area (Å²) in [6, 6.07) is 11.5. The normalized spacial score (nSPS) is 11.2. The van der Waals surface area contributed by atoms with Crippen molar-refractivity contribution in [1.82, 2.24) is 0 Å². The number of amides is 1. The second kappa shape index (κ2) is 9.62. The third kappa shape index (κ3) is 5.24. The van der Waals surface area contributed by atoms with Crippen LogP contribution in [0.2, 0.25) is 5.02 Å². The number of rotatable bonds is 6. The van der Waals surface area contributed by atoms with Crippen LogP contribution in [0.3, 0.4) is 0 Å². The van der Waals surface area contributed by atoms with Crippen LogP contribution in [0, 0.1) is 0 Å². The smallest absolute Gasteiger partial charge is 0.416 e. The highest BCUT2D eigenvalue weighted by atomic mass is 35.5. The number of halogens is 4. The molecule has 0 radical (unpaired) electrons. The first-order valence-corrected chi connectivity index (χ1v) is 10.1. The van der Waals surface area contributed by atoms with Crippen LogP contribution < -0.4 is 16.0 Å². The van der Waals surface area contributed by atoms with Crippen LogP contribution in [0.1, 0.15) is 31.8 Å². The highest BCUT2D eigenvalue weighted by molar-refractivity contribution is 6.32. The van der Waals surface area contributed by atoms with Crippen molar-refractivity contribution in [2.75, 3.05) is 17.3 Å². The van der Waals surface area contributed by atoms with Crippen molar-refractivity contribution in [3.05, 3.63) is 81.9 Å². The summed E-state index contributed by atoms with van der Waals surface area (Å²) in [5, 5.41) is 21.3. The molecule has 3 rings (SSSR count). The molecule has 0 bridgehead atoms. The van der Waals surface area contributed by atoms with Crippen molar-refractivity contribution in [1.29, 1.82) is 0 Å². The van der Waals surface area contributed by atoms with Gasteiger partial charge >= 0.3 is 12.1 Å². The molecule has 3 aromatic carbocycles. The highest BCUT2D eigenvalue weighted by Gasteiger charge is 2.32. The number of hydrogen-bond acceptors (Lipinski definition) is 5. The Morgan fingerprint density at radius 3 is 2.26 bits per heavy atom. The average Bonchev–Trinajstić information content (AvgIpc) is 2.79. The third-order valence-corrected chi connectivity index (χ3v) is 5.36. The number of phenols is 1. The number of nitrogens with two attached hydrogens (primary N) is 1. The minimum absolute atomic E-state index is 0.205. The predicted molar refractivity (Wildman–Crippen MR) is 122 cm³/mol. The van der Waals surface area contributed by atoms with Gasteiger partial charge in [-0.1, -0.05) is 23.7 Å². The molecule has 0 saturated heterocycles. The van der Waals surface area contributed by atoms with Gasteiger partial charge in [0.05, 0.1) is 33.1 Å². The van der Waals surface area contributed by atoms with E-state index >= 15 is 0 Å². The molecule has 34 heavy (non-hydrogen) atoms. The van der Waals surface area contributed by atoms with Gasteiger partial charge in [-0.05, 0) is 48.0 Å². The molecule has 0 unspecified atom stereocenters. The zero-order valence-corrected chi connectivity index (χ0v) is 18.4. The second-order valence-corrected chi connectivity index (χ2v) is 7.67. The quantitative estimate of drug-likeness (QED) is 0.373. The van der Waals surface area contributed by atoms with Gasteiger partial charge in [0, 0.05) is 19.3 Å². The zero-order chi connectivity index (χ0) is 25.2. The van der Waals surface area contributed by atoms with E-state index in [2.05, 4.69) is 5.32 Å². The molecule has 7 nitrogen and oxygen atoms in total. The van der Waals surface area contributed by atoms with Gasteiger partial charge in [0.15, 0.2) is 0 Å². The number of anilines is 3. The Morgan fingerprint density at radius 1 is 1.06 bits per heavy atom. The summed E-state index contributed by atoms with van der Waals surface area (Å²) in [5.74, 6) is -3.11. The number of alkyl halides is 3. The molecule has 178 valence electrons. The number of aromatic hydroxyl groups is 1. The van der Waals surface area contributed by atoms with E-state index in [0.29, 0.717) is 12.2 Å². The molecule has 0 saturated carbocycles. The summed E-state index contributed by atoms with van der Waals surface area (Å²) in [6.45, 7) is 0.311. The molecule has 0 spiro atoms. The van der Waals surface area contributed by atoms with Crippen LogP contribution in [-0.4, -0.2) is 29.1 Å². The molecule has 0 aliphatic heterocycles. The van der Waals surface area contributed by atoms with E-state index in [0.717, 1.165) is 29.8 Å². The van der Waals surface area contributed by atoms with Crippen molar-refractivity contribution < 1.29 is 33.0 Å². The van der Waals surface area contributed by atoms with Gasteiger partial charge in [0.1, 0.15) is 5.75 Å². The van der Waals surface area contributed by atoms with E-state index in [1.54, 1.807) is 36.2 Å². The summed E-state index contributed by atoms with van der Waals surface area (Å²) in [6.07, 6.45) is -4.69. The maximum atomic E-state index is 13.4. The highest BCUT2D eigenvalue weighted by Crippen LogP contribution is 2.38. The van der Waals surface area contributed by atoms with Crippen molar-refractivity contribution in [2.24, 2.45) is 5.73 Å². The second-order valence-electron chi connectivity index (χ2n) is 7.27. The minimum atomic E-state index is -4.69. The van der Waals surface area contributed by atoms with Gasteiger partial charge in [-0.25, -0.2) is 4.79 Å². The Hall–Kier alpha value is -3.76. The molecule has 0 fully saturated rings. The van der Waals surface area contributed by atoms with Gasteiger partial charge in [-0.3, -0.25) is 4.79 Å². The largest absolute Gasteiger partial charge is 0.506 e. The Morgan fingerprint density at radius 2 is 1.71 bits per heavy atom. The monoisotopic (exact) mass is 493 g/mol. The molecule has 0 aliphatic rings. The van der Waals surface area contributed by atoms with Crippen molar-refractivity contribution >= 4 is 40.5 Å². The van der Waals surface area contributed by atoms with Gasteiger partial charge in [0.25, 0.3) is 5.91 Å².